The first-order valence-electron chi connectivity index (χ1n) is 7.86. The molecule has 132 valence electrons. The lowest BCUT2D eigenvalue weighted by molar-refractivity contribution is 0.0702. The van der Waals surface area contributed by atoms with Crippen molar-refractivity contribution in [2.24, 2.45) is 0 Å². The molecule has 6 nitrogen and oxygen atoms in total. The van der Waals surface area contributed by atoms with Crippen LogP contribution in [0.3, 0.4) is 0 Å². The quantitative estimate of drug-likeness (QED) is 0.649. The first-order valence-corrected chi connectivity index (χ1v) is 9.06. The van der Waals surface area contributed by atoms with Gasteiger partial charge in [-0.3, -0.25) is 0 Å². The molecule has 26 heavy (non-hydrogen) atoms. The van der Waals surface area contributed by atoms with E-state index in [0.717, 1.165) is 41.1 Å². The zero-order valence-electron chi connectivity index (χ0n) is 13.4. The molecule has 1 aromatic carbocycles. The van der Waals surface area contributed by atoms with Gasteiger partial charge in [-0.25, -0.2) is 14.8 Å². The summed E-state index contributed by atoms with van der Waals surface area (Å²) in [4.78, 5) is 19.1. The zero-order chi connectivity index (χ0) is 18.1. The van der Waals surface area contributed by atoms with Crippen LogP contribution in [0.4, 0.5) is 0 Å². The summed E-state index contributed by atoms with van der Waals surface area (Å²) < 4.78 is 11.7. The average molecular weight is 389 g/mol. The number of benzene rings is 1. The van der Waals surface area contributed by atoms with Crippen molar-refractivity contribution in [2.45, 2.75) is 18.9 Å². The van der Waals surface area contributed by atoms with Crippen LogP contribution in [0.25, 0.3) is 0 Å². The van der Waals surface area contributed by atoms with Crippen LogP contribution in [0, 0.1) is 0 Å². The maximum absolute atomic E-state index is 10.9. The molecule has 0 spiro atoms. The summed E-state index contributed by atoms with van der Waals surface area (Å²) >= 11 is 6.82. The summed E-state index contributed by atoms with van der Waals surface area (Å²) in [7, 11) is 0. The molecule has 3 heterocycles. The van der Waals surface area contributed by atoms with Crippen molar-refractivity contribution in [3.05, 3.63) is 63.9 Å². The highest BCUT2D eigenvalue weighted by Crippen LogP contribution is 2.38. The number of aryl methyl sites for hydroxylation is 1. The van der Waals surface area contributed by atoms with Crippen molar-refractivity contribution in [2.75, 3.05) is 0 Å². The third-order valence-electron chi connectivity index (χ3n) is 4.00. The van der Waals surface area contributed by atoms with E-state index in [0.29, 0.717) is 16.1 Å². The Kier molecular flexibility index (Phi) is 4.48. The second-order valence-electron chi connectivity index (χ2n) is 5.73. The first kappa shape index (κ1) is 16.8. The second kappa shape index (κ2) is 6.93. The smallest absolute Gasteiger partial charge is 0.347 e. The van der Waals surface area contributed by atoms with Gasteiger partial charge in [0.1, 0.15) is 27.6 Å². The number of fused-ring (bicyclic) bond motifs is 1. The Morgan fingerprint density at radius 2 is 2.15 bits per heavy atom. The third-order valence-corrected chi connectivity index (χ3v) is 5.09. The van der Waals surface area contributed by atoms with Crippen LogP contribution < -0.4 is 9.47 Å². The van der Waals surface area contributed by atoms with Crippen molar-refractivity contribution in [1.29, 1.82) is 0 Å². The van der Waals surface area contributed by atoms with E-state index in [9.17, 15) is 4.79 Å². The lowest BCUT2D eigenvalue weighted by Crippen LogP contribution is -2.15. The van der Waals surface area contributed by atoms with Crippen LogP contribution >= 0.6 is 22.9 Å². The normalized spacial score (nSPS) is 15.8. The molecule has 1 unspecified atom stereocenters. The summed E-state index contributed by atoms with van der Waals surface area (Å²) in [6.07, 6.45) is 4.61. The standard InChI is InChI=1S/C18H13ClN2O4S/c19-16-6-2-11(8-20-16)14-4-1-10-7-12(3-5-13(10)25-14)24-18-21-9-15(26-18)17(22)23/h2-3,5-9,14H,1,4H2,(H,22,23). The molecule has 0 radical (unpaired) electrons. The minimum atomic E-state index is -1.01. The van der Waals surface area contributed by atoms with Crippen LogP contribution in [0.1, 0.15) is 33.3 Å². The lowest BCUT2D eigenvalue weighted by Gasteiger charge is -2.26. The van der Waals surface area contributed by atoms with Gasteiger partial charge in [-0.1, -0.05) is 29.0 Å². The van der Waals surface area contributed by atoms with Crippen LogP contribution in [0.15, 0.2) is 42.7 Å². The molecule has 1 atom stereocenters. The predicted octanol–water partition coefficient (Wildman–Crippen LogP) is 4.75. The summed E-state index contributed by atoms with van der Waals surface area (Å²) in [5.41, 5.74) is 2.03. The average Bonchev–Trinajstić information content (AvgIpc) is 3.11. The molecule has 0 saturated carbocycles. The molecule has 1 N–H and O–H groups in total. The maximum Gasteiger partial charge on any atom is 0.347 e. The van der Waals surface area contributed by atoms with Crippen molar-refractivity contribution >= 4 is 28.9 Å². The van der Waals surface area contributed by atoms with Crippen molar-refractivity contribution in [3.8, 4) is 16.7 Å². The molecule has 0 bridgehead atoms. The number of carboxylic acids is 1. The van der Waals surface area contributed by atoms with E-state index in [-0.39, 0.29) is 11.0 Å². The molecule has 8 heteroatoms. The Labute approximate surface area is 158 Å². The van der Waals surface area contributed by atoms with Gasteiger partial charge in [0.2, 0.25) is 0 Å². The van der Waals surface area contributed by atoms with E-state index >= 15 is 0 Å². The van der Waals surface area contributed by atoms with Gasteiger partial charge in [0.25, 0.3) is 5.19 Å². The molecule has 0 saturated heterocycles. The van der Waals surface area contributed by atoms with Gasteiger partial charge in [0, 0.05) is 11.8 Å². The van der Waals surface area contributed by atoms with E-state index < -0.39 is 5.97 Å². The molecular weight excluding hydrogens is 376 g/mol. The number of aromatic nitrogens is 2. The highest BCUT2D eigenvalue weighted by molar-refractivity contribution is 7.15. The molecule has 1 aliphatic heterocycles. The number of halogens is 1. The summed E-state index contributed by atoms with van der Waals surface area (Å²) in [5.74, 6) is 0.387. The van der Waals surface area contributed by atoms with Gasteiger partial charge in [0.15, 0.2) is 0 Å². The monoisotopic (exact) mass is 388 g/mol. The fraction of sp³-hybridized carbons (Fsp3) is 0.167. The zero-order valence-corrected chi connectivity index (χ0v) is 15.0. The number of hydrogen-bond acceptors (Lipinski definition) is 6. The number of ether oxygens (including phenoxy) is 2. The summed E-state index contributed by atoms with van der Waals surface area (Å²) in [6.45, 7) is 0. The number of pyridine rings is 1. The predicted molar refractivity (Wildman–Crippen MR) is 96.5 cm³/mol. The van der Waals surface area contributed by atoms with Gasteiger partial charge in [-0.15, -0.1) is 0 Å². The minimum Gasteiger partial charge on any atom is -0.485 e. The maximum atomic E-state index is 10.9. The fourth-order valence-corrected chi connectivity index (χ4v) is 3.48. The first-order chi connectivity index (χ1) is 12.6. The number of aromatic carboxylic acids is 1. The fourth-order valence-electron chi connectivity index (χ4n) is 2.75. The Hall–Kier alpha value is -2.64. The highest BCUT2D eigenvalue weighted by Gasteiger charge is 2.22. The molecule has 0 fully saturated rings. The molecule has 0 amide bonds. The Morgan fingerprint density at radius 1 is 1.27 bits per heavy atom. The van der Waals surface area contributed by atoms with E-state index in [1.807, 2.05) is 18.2 Å². The van der Waals surface area contributed by atoms with Crippen LogP contribution in [-0.4, -0.2) is 21.0 Å². The van der Waals surface area contributed by atoms with E-state index in [1.54, 1.807) is 18.3 Å². The number of nitrogens with zero attached hydrogens (tertiary/aromatic N) is 2. The second-order valence-corrected chi connectivity index (χ2v) is 7.11. The van der Waals surface area contributed by atoms with Crippen molar-refractivity contribution in [1.82, 2.24) is 9.97 Å². The van der Waals surface area contributed by atoms with Gasteiger partial charge in [-0.05, 0) is 42.7 Å². The molecule has 1 aliphatic rings. The summed E-state index contributed by atoms with van der Waals surface area (Å²) in [6, 6.07) is 9.21. The van der Waals surface area contributed by atoms with E-state index in [2.05, 4.69) is 9.97 Å². The molecule has 0 aliphatic carbocycles. The van der Waals surface area contributed by atoms with Crippen molar-refractivity contribution < 1.29 is 19.4 Å². The van der Waals surface area contributed by atoms with E-state index in [4.69, 9.17) is 26.2 Å². The SMILES string of the molecule is O=C(O)c1cnc(Oc2ccc3c(c2)CCC(c2ccc(Cl)nc2)O3)s1. The Morgan fingerprint density at radius 3 is 2.88 bits per heavy atom. The number of carbonyl (C=O) groups is 1. The van der Waals surface area contributed by atoms with Crippen LogP contribution in [0.2, 0.25) is 5.15 Å². The molecular formula is C18H13ClN2O4S. The number of rotatable bonds is 4. The van der Waals surface area contributed by atoms with Crippen LogP contribution in [0.5, 0.6) is 16.7 Å². The number of thiazole rings is 1. The largest absolute Gasteiger partial charge is 0.485 e. The van der Waals surface area contributed by atoms with E-state index in [1.165, 1.54) is 6.20 Å². The summed E-state index contributed by atoms with van der Waals surface area (Å²) in [5, 5.41) is 9.70. The Balaban J connectivity index is 1.49. The van der Waals surface area contributed by atoms with Gasteiger partial charge in [-0.2, -0.15) is 0 Å². The number of hydrogen-bond donors (Lipinski definition) is 1. The van der Waals surface area contributed by atoms with Crippen LogP contribution in [-0.2, 0) is 6.42 Å². The van der Waals surface area contributed by atoms with Gasteiger partial charge < -0.3 is 14.6 Å². The minimum absolute atomic E-state index is 0.0591. The molecule has 4 rings (SSSR count). The number of carboxylic acid groups (broad SMARTS) is 1. The topological polar surface area (TPSA) is 81.5 Å². The highest BCUT2D eigenvalue weighted by atomic mass is 35.5. The molecule has 2 aromatic heterocycles. The van der Waals surface area contributed by atoms with Gasteiger partial charge in [0.05, 0.1) is 6.20 Å². The van der Waals surface area contributed by atoms with Gasteiger partial charge >= 0.3 is 5.97 Å². The third kappa shape index (κ3) is 3.49. The lowest BCUT2D eigenvalue weighted by atomic mass is 9.98. The Bertz CT molecular complexity index is 958. The van der Waals surface area contributed by atoms with Crippen molar-refractivity contribution in [3.63, 3.8) is 0 Å². The molecule has 3 aromatic rings.